The van der Waals surface area contributed by atoms with Gasteiger partial charge in [0.15, 0.2) is 5.65 Å². The number of alkyl halides is 3. The maximum absolute atomic E-state index is 13.9. The smallest absolute Gasteiger partial charge is 0.383 e. The molecular formula is C22H19F4N7O. The van der Waals surface area contributed by atoms with Crippen molar-refractivity contribution in [3.63, 3.8) is 0 Å². The zero-order valence-corrected chi connectivity index (χ0v) is 18.0. The fourth-order valence-corrected chi connectivity index (χ4v) is 3.35. The predicted octanol–water partition coefficient (Wildman–Crippen LogP) is 5.46. The SMILES string of the molecule is CC(C)n1nc(-c2ccc(NC(=O)Nc3cc(C(F)(F)F)ccc3F)cc2)c2c(N)ncnc21. The Labute approximate surface area is 190 Å². The Morgan fingerprint density at radius 2 is 1.76 bits per heavy atom. The van der Waals surface area contributed by atoms with Crippen molar-refractivity contribution in [3.8, 4) is 11.3 Å². The molecule has 0 radical (unpaired) electrons. The molecule has 0 aliphatic heterocycles. The second kappa shape index (κ2) is 8.61. The summed E-state index contributed by atoms with van der Waals surface area (Å²) >= 11 is 0. The second-order valence-electron chi connectivity index (χ2n) is 7.69. The molecular weight excluding hydrogens is 454 g/mol. The third kappa shape index (κ3) is 4.47. The second-order valence-corrected chi connectivity index (χ2v) is 7.69. The number of benzene rings is 2. The van der Waals surface area contributed by atoms with Crippen LogP contribution in [0.15, 0.2) is 48.8 Å². The molecule has 0 atom stereocenters. The summed E-state index contributed by atoms with van der Waals surface area (Å²) in [5.74, 6) is -0.720. The van der Waals surface area contributed by atoms with Gasteiger partial charge in [0.1, 0.15) is 23.7 Å². The van der Waals surface area contributed by atoms with Crippen molar-refractivity contribution >= 4 is 34.3 Å². The molecule has 8 nitrogen and oxygen atoms in total. The fraction of sp³-hybridized carbons (Fsp3) is 0.182. The number of rotatable bonds is 4. The van der Waals surface area contributed by atoms with Crippen LogP contribution in [0.5, 0.6) is 0 Å². The van der Waals surface area contributed by atoms with Crippen LogP contribution in [-0.2, 0) is 6.18 Å². The van der Waals surface area contributed by atoms with Crippen molar-refractivity contribution in [3.05, 3.63) is 60.2 Å². The summed E-state index contributed by atoms with van der Waals surface area (Å²) in [6, 6.07) is 7.38. The van der Waals surface area contributed by atoms with Crippen LogP contribution in [0.1, 0.15) is 25.5 Å². The van der Waals surface area contributed by atoms with Gasteiger partial charge in [-0.25, -0.2) is 23.8 Å². The average Bonchev–Trinajstić information content (AvgIpc) is 3.16. The van der Waals surface area contributed by atoms with Gasteiger partial charge in [0.05, 0.1) is 16.6 Å². The number of fused-ring (bicyclic) bond motifs is 1. The van der Waals surface area contributed by atoms with E-state index in [2.05, 4.69) is 25.7 Å². The summed E-state index contributed by atoms with van der Waals surface area (Å²) in [5.41, 5.74) is 6.53. The van der Waals surface area contributed by atoms with Gasteiger partial charge in [0.25, 0.3) is 0 Å². The minimum absolute atomic E-state index is 0.0198. The van der Waals surface area contributed by atoms with Crippen LogP contribution in [0.25, 0.3) is 22.3 Å². The lowest BCUT2D eigenvalue weighted by atomic mass is 10.1. The number of nitrogens with zero attached hydrogens (tertiary/aromatic N) is 4. The quantitative estimate of drug-likeness (QED) is 0.341. The molecule has 0 saturated carbocycles. The highest BCUT2D eigenvalue weighted by Gasteiger charge is 2.31. The number of nitrogens with one attached hydrogen (secondary N) is 2. The number of urea groups is 1. The number of amides is 2. The zero-order chi connectivity index (χ0) is 24.6. The van der Waals surface area contributed by atoms with Gasteiger partial charge < -0.3 is 16.4 Å². The molecule has 0 bridgehead atoms. The average molecular weight is 473 g/mol. The van der Waals surface area contributed by atoms with Crippen molar-refractivity contribution < 1.29 is 22.4 Å². The molecule has 4 aromatic rings. The number of hydrogen-bond donors (Lipinski definition) is 3. The number of halogens is 4. The number of carbonyl (C=O) groups excluding carboxylic acids is 1. The van der Waals surface area contributed by atoms with E-state index in [1.807, 2.05) is 13.8 Å². The van der Waals surface area contributed by atoms with Gasteiger partial charge in [-0.2, -0.15) is 18.3 Å². The molecule has 4 rings (SSSR count). The van der Waals surface area contributed by atoms with Gasteiger partial charge in [-0.1, -0.05) is 12.1 Å². The molecule has 176 valence electrons. The number of nitrogen functional groups attached to an aromatic ring is 1. The topological polar surface area (TPSA) is 111 Å². The Morgan fingerprint density at radius 1 is 1.06 bits per heavy atom. The molecule has 0 spiro atoms. The molecule has 4 N–H and O–H groups in total. The monoisotopic (exact) mass is 473 g/mol. The Hall–Kier alpha value is -4.22. The number of carbonyl (C=O) groups is 1. The van der Waals surface area contributed by atoms with Gasteiger partial charge >= 0.3 is 12.2 Å². The van der Waals surface area contributed by atoms with Crippen LogP contribution in [0, 0.1) is 5.82 Å². The maximum atomic E-state index is 13.9. The van der Waals surface area contributed by atoms with Crippen LogP contribution >= 0.6 is 0 Å². The van der Waals surface area contributed by atoms with Crippen molar-refractivity contribution in [2.75, 3.05) is 16.4 Å². The molecule has 12 heteroatoms. The van der Waals surface area contributed by atoms with E-state index in [9.17, 15) is 22.4 Å². The first kappa shape index (κ1) is 23.0. The molecule has 2 heterocycles. The Bertz CT molecular complexity index is 1360. The highest BCUT2D eigenvalue weighted by molar-refractivity contribution is 6.01. The van der Waals surface area contributed by atoms with E-state index in [0.717, 1.165) is 0 Å². The van der Waals surface area contributed by atoms with E-state index in [1.54, 1.807) is 28.9 Å². The third-order valence-electron chi connectivity index (χ3n) is 4.97. The van der Waals surface area contributed by atoms with Crippen LogP contribution in [0.3, 0.4) is 0 Å². The van der Waals surface area contributed by atoms with Crippen molar-refractivity contribution in [2.45, 2.75) is 26.1 Å². The molecule has 0 saturated heterocycles. The molecule has 2 aromatic carbocycles. The number of aromatic nitrogens is 4. The highest BCUT2D eigenvalue weighted by Crippen LogP contribution is 2.33. The first-order valence-electron chi connectivity index (χ1n) is 10.1. The first-order chi connectivity index (χ1) is 16.0. The molecule has 2 amide bonds. The van der Waals surface area contributed by atoms with Crippen molar-refractivity contribution in [2.24, 2.45) is 0 Å². The number of anilines is 3. The standard InChI is InChI=1S/C22H19F4N7O/c1-11(2)33-20-17(19(27)28-10-29-20)18(32-33)12-3-6-14(7-4-12)30-21(34)31-16-9-13(22(24,25)26)5-8-15(16)23/h3-11H,1-2H3,(H2,27,28,29)(H2,30,31,34). The van der Waals surface area contributed by atoms with Crippen molar-refractivity contribution in [1.29, 1.82) is 0 Å². The lowest BCUT2D eigenvalue weighted by Crippen LogP contribution is -2.20. The lowest BCUT2D eigenvalue weighted by molar-refractivity contribution is -0.137. The fourth-order valence-electron chi connectivity index (χ4n) is 3.35. The predicted molar refractivity (Wildman–Crippen MR) is 120 cm³/mol. The van der Waals surface area contributed by atoms with Crippen LogP contribution in [-0.4, -0.2) is 25.8 Å². The molecule has 0 aliphatic rings. The maximum Gasteiger partial charge on any atom is 0.416 e. The normalized spacial score (nSPS) is 11.7. The zero-order valence-electron chi connectivity index (χ0n) is 18.0. The van der Waals surface area contributed by atoms with E-state index in [0.29, 0.717) is 46.2 Å². The Kier molecular flexibility index (Phi) is 5.82. The molecule has 0 fully saturated rings. The summed E-state index contributed by atoms with van der Waals surface area (Å²) in [7, 11) is 0. The Balaban J connectivity index is 1.55. The summed E-state index contributed by atoms with van der Waals surface area (Å²) < 4.78 is 54.2. The lowest BCUT2D eigenvalue weighted by Gasteiger charge is -2.12. The summed E-state index contributed by atoms with van der Waals surface area (Å²) in [4.78, 5) is 20.5. The van der Waals surface area contributed by atoms with Gasteiger partial charge in [0.2, 0.25) is 0 Å². The largest absolute Gasteiger partial charge is 0.416 e. The molecule has 0 aliphatic carbocycles. The Morgan fingerprint density at radius 3 is 2.41 bits per heavy atom. The highest BCUT2D eigenvalue weighted by atomic mass is 19.4. The van der Waals surface area contributed by atoms with E-state index < -0.39 is 29.3 Å². The van der Waals surface area contributed by atoms with E-state index in [1.165, 1.54) is 6.33 Å². The third-order valence-corrected chi connectivity index (χ3v) is 4.97. The van der Waals surface area contributed by atoms with Gasteiger partial charge in [0, 0.05) is 17.3 Å². The van der Waals surface area contributed by atoms with Crippen LogP contribution in [0.2, 0.25) is 0 Å². The van der Waals surface area contributed by atoms with E-state index >= 15 is 0 Å². The number of hydrogen-bond acceptors (Lipinski definition) is 5. The minimum atomic E-state index is -4.67. The van der Waals surface area contributed by atoms with E-state index in [4.69, 9.17) is 5.73 Å². The molecule has 34 heavy (non-hydrogen) atoms. The summed E-state index contributed by atoms with van der Waals surface area (Å²) in [5, 5.41) is 9.74. The van der Waals surface area contributed by atoms with Gasteiger partial charge in [-0.05, 0) is 44.2 Å². The number of nitrogens with two attached hydrogens (primary N) is 1. The first-order valence-corrected chi connectivity index (χ1v) is 10.1. The molecule has 0 unspecified atom stereocenters. The van der Waals surface area contributed by atoms with Gasteiger partial charge in [-0.15, -0.1) is 0 Å². The van der Waals surface area contributed by atoms with Gasteiger partial charge in [-0.3, -0.25) is 0 Å². The van der Waals surface area contributed by atoms with Crippen molar-refractivity contribution in [1.82, 2.24) is 19.7 Å². The van der Waals surface area contributed by atoms with E-state index in [-0.39, 0.29) is 11.9 Å². The van der Waals surface area contributed by atoms with Crippen LogP contribution < -0.4 is 16.4 Å². The summed E-state index contributed by atoms with van der Waals surface area (Å²) in [6.07, 6.45) is -3.31. The minimum Gasteiger partial charge on any atom is -0.383 e. The van der Waals surface area contributed by atoms with Crippen LogP contribution in [0.4, 0.5) is 39.5 Å². The molecule has 2 aromatic heterocycles. The summed E-state index contributed by atoms with van der Waals surface area (Å²) in [6.45, 7) is 3.90.